The van der Waals surface area contributed by atoms with Gasteiger partial charge in [0.2, 0.25) is 0 Å². The van der Waals surface area contributed by atoms with Gasteiger partial charge in [-0.15, -0.1) is 11.3 Å². The molecule has 3 rings (SSSR count). The molecular formula is C13H7F3S. The molecule has 0 atom stereocenters. The Morgan fingerprint density at radius 3 is 2.29 bits per heavy atom. The third kappa shape index (κ3) is 1.60. The fourth-order valence-electron chi connectivity index (χ4n) is 1.97. The van der Waals surface area contributed by atoms with Crippen LogP contribution in [0.2, 0.25) is 0 Å². The normalized spacial score (nSPS) is 12.4. The molecule has 0 nitrogen and oxygen atoms in total. The average Bonchev–Trinajstić information content (AvgIpc) is 2.65. The van der Waals surface area contributed by atoms with E-state index < -0.39 is 11.7 Å². The predicted molar refractivity (Wildman–Crippen MR) is 64.3 cm³/mol. The number of benzene rings is 2. The molecule has 0 spiro atoms. The number of hydrogen-bond acceptors (Lipinski definition) is 1. The van der Waals surface area contributed by atoms with Crippen molar-refractivity contribution in [2.75, 3.05) is 0 Å². The lowest BCUT2D eigenvalue weighted by Gasteiger charge is -2.06. The third-order valence-corrected chi connectivity index (χ3v) is 3.93. The molecule has 2 aromatic carbocycles. The zero-order chi connectivity index (χ0) is 12.0. The summed E-state index contributed by atoms with van der Waals surface area (Å²) >= 11 is 1.20. The first-order chi connectivity index (χ1) is 8.07. The van der Waals surface area contributed by atoms with Gasteiger partial charge in [0, 0.05) is 20.2 Å². The molecule has 0 bridgehead atoms. The van der Waals surface area contributed by atoms with E-state index in [4.69, 9.17) is 0 Å². The van der Waals surface area contributed by atoms with Crippen molar-refractivity contribution in [3.63, 3.8) is 0 Å². The van der Waals surface area contributed by atoms with Crippen molar-refractivity contribution in [2.24, 2.45) is 0 Å². The summed E-state index contributed by atoms with van der Waals surface area (Å²) < 4.78 is 39.8. The van der Waals surface area contributed by atoms with E-state index in [1.807, 2.05) is 24.3 Å². The Labute approximate surface area is 99.3 Å². The second kappa shape index (κ2) is 3.47. The van der Waals surface area contributed by atoms with Gasteiger partial charge in [0.15, 0.2) is 0 Å². The van der Waals surface area contributed by atoms with Crippen LogP contribution < -0.4 is 0 Å². The molecule has 0 radical (unpaired) electrons. The first-order valence-electron chi connectivity index (χ1n) is 5.05. The lowest BCUT2D eigenvalue weighted by Crippen LogP contribution is -2.04. The minimum Gasteiger partial charge on any atom is -0.166 e. The van der Waals surface area contributed by atoms with Crippen molar-refractivity contribution in [1.82, 2.24) is 0 Å². The molecule has 0 amide bonds. The van der Waals surface area contributed by atoms with Crippen LogP contribution in [-0.2, 0) is 6.18 Å². The first kappa shape index (κ1) is 10.6. The highest BCUT2D eigenvalue weighted by atomic mass is 32.1. The molecular weight excluding hydrogens is 245 g/mol. The molecule has 0 aliphatic rings. The molecule has 1 heterocycles. The number of thiophene rings is 1. The minimum atomic E-state index is -4.29. The maximum absolute atomic E-state index is 12.9. The SMILES string of the molecule is FC(F)(F)c1cccc2c1sc1ccccc12. The monoisotopic (exact) mass is 252 g/mol. The summed E-state index contributed by atoms with van der Waals surface area (Å²) in [4.78, 5) is 0. The summed E-state index contributed by atoms with van der Waals surface area (Å²) in [5.41, 5.74) is -0.545. The summed E-state index contributed by atoms with van der Waals surface area (Å²) in [5.74, 6) is 0. The van der Waals surface area contributed by atoms with Gasteiger partial charge >= 0.3 is 6.18 Å². The Hall–Kier alpha value is -1.55. The van der Waals surface area contributed by atoms with Crippen LogP contribution >= 0.6 is 11.3 Å². The molecule has 17 heavy (non-hydrogen) atoms. The zero-order valence-electron chi connectivity index (χ0n) is 8.58. The molecule has 0 aliphatic heterocycles. The standard InChI is InChI=1S/C13H7F3S/c14-13(15,16)10-6-3-5-9-8-4-1-2-7-11(8)17-12(9)10/h1-7H. The molecule has 0 N–H and O–H groups in total. The summed E-state index contributed by atoms with van der Waals surface area (Å²) in [6, 6.07) is 11.7. The summed E-state index contributed by atoms with van der Waals surface area (Å²) in [6.07, 6.45) is -4.29. The fraction of sp³-hybridized carbons (Fsp3) is 0.0769. The summed E-state index contributed by atoms with van der Waals surface area (Å²) in [6.45, 7) is 0. The summed E-state index contributed by atoms with van der Waals surface area (Å²) in [7, 11) is 0. The molecule has 1 aromatic heterocycles. The molecule has 4 heteroatoms. The number of rotatable bonds is 0. The van der Waals surface area contributed by atoms with Crippen molar-refractivity contribution in [3.05, 3.63) is 48.0 Å². The average molecular weight is 252 g/mol. The highest BCUT2D eigenvalue weighted by Gasteiger charge is 2.33. The van der Waals surface area contributed by atoms with E-state index in [0.29, 0.717) is 10.1 Å². The Morgan fingerprint density at radius 2 is 1.53 bits per heavy atom. The van der Waals surface area contributed by atoms with Gasteiger partial charge in [-0.3, -0.25) is 0 Å². The smallest absolute Gasteiger partial charge is 0.166 e. The fourth-order valence-corrected chi connectivity index (χ4v) is 3.21. The molecule has 86 valence electrons. The second-order valence-corrected chi connectivity index (χ2v) is 4.83. The van der Waals surface area contributed by atoms with E-state index in [9.17, 15) is 13.2 Å². The molecule has 0 unspecified atom stereocenters. The largest absolute Gasteiger partial charge is 0.417 e. The van der Waals surface area contributed by atoms with Crippen LogP contribution in [0.4, 0.5) is 13.2 Å². The molecule has 0 saturated heterocycles. The van der Waals surface area contributed by atoms with Crippen molar-refractivity contribution >= 4 is 31.5 Å². The Morgan fingerprint density at radius 1 is 0.824 bits per heavy atom. The lowest BCUT2D eigenvalue weighted by molar-refractivity contribution is -0.136. The maximum Gasteiger partial charge on any atom is 0.417 e. The molecule has 3 aromatic rings. The van der Waals surface area contributed by atoms with Gasteiger partial charge < -0.3 is 0 Å². The van der Waals surface area contributed by atoms with Gasteiger partial charge in [0.1, 0.15) is 0 Å². The van der Waals surface area contributed by atoms with Crippen molar-refractivity contribution in [3.8, 4) is 0 Å². The highest BCUT2D eigenvalue weighted by molar-refractivity contribution is 7.26. The first-order valence-corrected chi connectivity index (χ1v) is 5.86. The minimum absolute atomic E-state index is 0.321. The van der Waals surface area contributed by atoms with E-state index in [0.717, 1.165) is 16.2 Å². The number of halogens is 3. The van der Waals surface area contributed by atoms with Crippen LogP contribution in [0, 0.1) is 0 Å². The summed E-state index contributed by atoms with van der Waals surface area (Å²) in [5, 5.41) is 1.57. The topological polar surface area (TPSA) is 0 Å². The van der Waals surface area contributed by atoms with E-state index in [1.54, 1.807) is 6.07 Å². The van der Waals surface area contributed by atoms with Crippen LogP contribution in [0.15, 0.2) is 42.5 Å². The molecule has 0 saturated carbocycles. The van der Waals surface area contributed by atoms with Crippen molar-refractivity contribution < 1.29 is 13.2 Å². The van der Waals surface area contributed by atoms with E-state index in [-0.39, 0.29) is 0 Å². The van der Waals surface area contributed by atoms with Gasteiger partial charge in [0.05, 0.1) is 5.56 Å². The maximum atomic E-state index is 12.9. The van der Waals surface area contributed by atoms with Gasteiger partial charge in [-0.2, -0.15) is 13.2 Å². The van der Waals surface area contributed by atoms with E-state index in [2.05, 4.69) is 0 Å². The van der Waals surface area contributed by atoms with E-state index >= 15 is 0 Å². The molecule has 0 aliphatic carbocycles. The van der Waals surface area contributed by atoms with Gasteiger partial charge in [0.25, 0.3) is 0 Å². The number of alkyl halides is 3. The van der Waals surface area contributed by atoms with Gasteiger partial charge in [-0.05, 0) is 12.1 Å². The third-order valence-electron chi connectivity index (χ3n) is 2.71. The molecule has 0 fully saturated rings. The van der Waals surface area contributed by atoms with Crippen molar-refractivity contribution in [2.45, 2.75) is 6.18 Å². The number of hydrogen-bond donors (Lipinski definition) is 0. The Kier molecular flexibility index (Phi) is 2.16. The van der Waals surface area contributed by atoms with Crippen LogP contribution in [0.25, 0.3) is 20.2 Å². The van der Waals surface area contributed by atoms with Crippen molar-refractivity contribution in [1.29, 1.82) is 0 Å². The second-order valence-electron chi connectivity index (χ2n) is 3.78. The quantitative estimate of drug-likeness (QED) is 0.523. The van der Waals surface area contributed by atoms with Crippen LogP contribution in [0.5, 0.6) is 0 Å². The Balaban J connectivity index is 2.48. The van der Waals surface area contributed by atoms with Gasteiger partial charge in [-0.25, -0.2) is 0 Å². The van der Waals surface area contributed by atoms with Crippen LogP contribution in [0.3, 0.4) is 0 Å². The number of fused-ring (bicyclic) bond motifs is 3. The Bertz CT molecular complexity index is 695. The van der Waals surface area contributed by atoms with Crippen LogP contribution in [-0.4, -0.2) is 0 Å². The highest BCUT2D eigenvalue weighted by Crippen LogP contribution is 2.41. The lowest BCUT2D eigenvalue weighted by atomic mass is 10.1. The van der Waals surface area contributed by atoms with E-state index in [1.165, 1.54) is 17.4 Å². The predicted octanol–water partition coefficient (Wildman–Crippen LogP) is 5.07. The van der Waals surface area contributed by atoms with Gasteiger partial charge in [-0.1, -0.05) is 30.3 Å². The van der Waals surface area contributed by atoms with Crippen LogP contribution in [0.1, 0.15) is 5.56 Å². The zero-order valence-corrected chi connectivity index (χ0v) is 9.40.